The molecule has 20 nitrogen and oxygen atoms in total. The predicted octanol–water partition coefficient (Wildman–Crippen LogP) is -12.1. The molecule has 0 amide bonds. The Hall–Kier alpha value is -2.76. The third-order valence-corrected chi connectivity index (χ3v) is 11.1. The van der Waals surface area contributed by atoms with Gasteiger partial charge in [0.15, 0.2) is 5.78 Å². The van der Waals surface area contributed by atoms with Crippen molar-refractivity contribution >= 4 is 76.8 Å². The molecule has 0 saturated carbocycles. The number of hydrogen-bond donors (Lipinski definition) is 3. The molecule has 0 bridgehead atoms. The maximum Gasteiger partial charge on any atom is 1.00 e. The summed E-state index contributed by atoms with van der Waals surface area (Å²) in [5.41, 5.74) is 5.07. The van der Waals surface area contributed by atoms with Gasteiger partial charge in [-0.1, -0.05) is 18.2 Å². The van der Waals surface area contributed by atoms with E-state index in [0.29, 0.717) is 23.3 Å². The van der Waals surface area contributed by atoms with Crippen LogP contribution in [-0.4, -0.2) is 82.2 Å². The molecule has 3 aliphatic carbocycles. The molecule has 0 aliphatic heterocycles. The average molecular weight is 943 g/mol. The average Bonchev–Trinajstić information content (AvgIpc) is 3.15. The van der Waals surface area contributed by atoms with Gasteiger partial charge in [-0.25, -0.2) is 25.3 Å². The molecule has 0 aromatic heterocycles. The first kappa shape index (κ1) is 55.4. The molecule has 3 aromatic rings. The van der Waals surface area contributed by atoms with Gasteiger partial charge in [-0.05, 0) is 77.4 Å². The third-order valence-electron chi connectivity index (χ3n) is 8.58. The summed E-state index contributed by atoms with van der Waals surface area (Å²) in [6.45, 7) is 0. The number of rotatable bonds is 12. The number of hydrogen-bond acceptors (Lipinski definition) is 20. The van der Waals surface area contributed by atoms with Gasteiger partial charge in [-0.2, -0.15) is 5.10 Å². The van der Waals surface area contributed by atoms with E-state index >= 15 is 0 Å². The predicted molar refractivity (Wildman–Crippen MR) is 195 cm³/mol. The monoisotopic (exact) mass is 942 g/mol. The summed E-state index contributed by atoms with van der Waals surface area (Å²) in [5.74, 6) is -5.30. The van der Waals surface area contributed by atoms with Crippen LogP contribution in [0.3, 0.4) is 0 Å². The minimum Gasteiger partial charge on any atom is -0.744 e. The second kappa shape index (κ2) is 21.5. The fraction of sp³-hybridized carbons (Fsp3) is 0.0571. The van der Waals surface area contributed by atoms with E-state index in [1.807, 2.05) is 0 Å². The summed E-state index contributed by atoms with van der Waals surface area (Å²) >= 11 is 0. The summed E-state index contributed by atoms with van der Waals surface area (Å²) in [7, 11) is -13.1. The number of benzene rings is 3. The molecule has 6 rings (SSSR count). The molecule has 0 heterocycles. The topological polar surface area (TPSA) is 330 Å². The Kier molecular flexibility index (Phi) is 19.2. The number of carboxylic acid groups (broad SMARTS) is 1. The molecular formula is C35H22N4Na4O16S3. The van der Waals surface area contributed by atoms with E-state index in [1.165, 1.54) is 38.5 Å². The van der Waals surface area contributed by atoms with E-state index in [-0.39, 0.29) is 152 Å². The molecule has 0 spiro atoms. The first-order valence-electron chi connectivity index (χ1n) is 15.8. The van der Waals surface area contributed by atoms with Crippen molar-refractivity contribution in [2.24, 2.45) is 5.10 Å². The van der Waals surface area contributed by atoms with Gasteiger partial charge in [0.2, 0.25) is 11.6 Å². The largest absolute Gasteiger partial charge is 1.00 e. The number of methoxy groups -OCH3 is 2. The van der Waals surface area contributed by atoms with Crippen LogP contribution in [0.5, 0.6) is 11.5 Å². The molecule has 0 radical (unpaired) electrons. The van der Waals surface area contributed by atoms with Gasteiger partial charge in [0.25, 0.3) is 0 Å². The van der Waals surface area contributed by atoms with Crippen molar-refractivity contribution in [3.63, 3.8) is 0 Å². The number of hydrazone groups is 1. The summed E-state index contributed by atoms with van der Waals surface area (Å²) in [4.78, 5) is 47.6. The Morgan fingerprint density at radius 2 is 1.26 bits per heavy atom. The molecule has 0 fully saturated rings. The van der Waals surface area contributed by atoms with Gasteiger partial charge >= 0.3 is 118 Å². The van der Waals surface area contributed by atoms with Crippen LogP contribution in [0.15, 0.2) is 115 Å². The maximum atomic E-state index is 13.1. The van der Waals surface area contributed by atoms with Gasteiger partial charge in [-0.15, -0.1) is 0 Å². The Morgan fingerprint density at radius 3 is 1.79 bits per heavy atom. The van der Waals surface area contributed by atoms with Crippen LogP contribution < -0.4 is 149 Å². The molecule has 300 valence electrons. The summed E-state index contributed by atoms with van der Waals surface area (Å²) < 4.78 is 117. The van der Waals surface area contributed by atoms with Gasteiger partial charge in [0.05, 0.1) is 46.9 Å². The first-order chi connectivity index (χ1) is 27.1. The Labute approximate surface area is 441 Å². The number of carboxylic acids is 1. The molecule has 3 aromatic carbocycles. The Bertz CT molecular complexity index is 2960. The van der Waals surface area contributed by atoms with Crippen LogP contribution in [0.4, 0.5) is 11.4 Å². The quantitative estimate of drug-likeness (QED) is 0.0657. The van der Waals surface area contributed by atoms with E-state index in [0.717, 1.165) is 30.4 Å². The zero-order valence-electron chi connectivity index (χ0n) is 33.2. The van der Waals surface area contributed by atoms with Crippen LogP contribution in [0, 0.1) is 0 Å². The molecule has 62 heavy (non-hydrogen) atoms. The number of ether oxygens (including phenoxy) is 2. The summed E-state index contributed by atoms with van der Waals surface area (Å²) in [5, 5.41) is 15.6. The van der Waals surface area contributed by atoms with E-state index < -0.39 is 96.5 Å². The van der Waals surface area contributed by atoms with Crippen molar-refractivity contribution in [1.82, 2.24) is 5.43 Å². The number of allylic oxidation sites excluding steroid dienone is 6. The summed E-state index contributed by atoms with van der Waals surface area (Å²) in [6, 6.07) is 11.8. The fourth-order valence-corrected chi connectivity index (χ4v) is 7.68. The van der Waals surface area contributed by atoms with Crippen molar-refractivity contribution in [2.75, 3.05) is 25.1 Å². The number of nitrogens with zero attached hydrogens (tertiary/aromatic N) is 1. The minimum absolute atomic E-state index is 0. The molecule has 0 atom stereocenters. The molecule has 3 N–H and O–H groups in total. The van der Waals surface area contributed by atoms with Crippen molar-refractivity contribution in [1.29, 1.82) is 0 Å². The Morgan fingerprint density at radius 1 is 0.677 bits per heavy atom. The van der Waals surface area contributed by atoms with Crippen molar-refractivity contribution in [3.8, 4) is 22.6 Å². The zero-order chi connectivity index (χ0) is 42.5. The standard InChI is InChI=1S/C35H26N4O16S3.4Na/c1-54-26-12-16(3-8-23(26)36-38-31-20-6-5-19(56(45,46)47)11-18(20)14-29(34(31)42)58(51,52)53)17-4-9-24(27(13-17)55-2)37-39-32-25(40)10-7-21-28(57(48,49)50)15-22(35(43)44)33(41)30(21)32;;;;/h3-15,36-37,39H,1-2H3,(H,43,44)(H,45,46,47)(H,48,49,50)(H,51,52,53);;;;/q;4*+1/p-4/b38-31+;;;;. The number of aliphatic carboxylic acids is 1. The van der Waals surface area contributed by atoms with E-state index in [9.17, 15) is 63.2 Å². The normalized spacial score (nSPS) is 15.3. The molecule has 27 heteroatoms. The summed E-state index contributed by atoms with van der Waals surface area (Å²) in [6.07, 6.45) is 2.79. The number of Topliss-reactive ketones (excluding diaryl/α,β-unsaturated/α-hetero) is 2. The van der Waals surface area contributed by atoms with Crippen LogP contribution in [0.2, 0.25) is 0 Å². The number of fused-ring (bicyclic) bond motifs is 2. The zero-order valence-corrected chi connectivity index (χ0v) is 43.7. The first-order valence-corrected chi connectivity index (χ1v) is 20.1. The third kappa shape index (κ3) is 11.5. The van der Waals surface area contributed by atoms with Gasteiger partial charge in [0, 0.05) is 16.7 Å². The van der Waals surface area contributed by atoms with Gasteiger partial charge in [-0.3, -0.25) is 30.7 Å². The fourth-order valence-electron chi connectivity index (χ4n) is 5.87. The number of ketones is 3. The molecule has 0 saturated heterocycles. The second-order valence-electron chi connectivity index (χ2n) is 12.0. The van der Waals surface area contributed by atoms with Crippen molar-refractivity contribution < 1.29 is 191 Å². The van der Waals surface area contributed by atoms with Crippen LogP contribution in [0.1, 0.15) is 11.1 Å². The number of carbonyl (C=O) groups excluding carboxylic acids is 4. The van der Waals surface area contributed by atoms with Gasteiger partial charge in [0.1, 0.15) is 58.2 Å². The molecule has 3 aliphatic rings. The van der Waals surface area contributed by atoms with Crippen LogP contribution in [-0.2, 0) is 49.5 Å². The number of anilines is 2. The number of carbonyl (C=O) groups is 4. The van der Waals surface area contributed by atoms with Gasteiger partial charge < -0.3 is 33.0 Å². The van der Waals surface area contributed by atoms with E-state index in [4.69, 9.17) is 9.47 Å². The molecular weight excluding hydrogens is 921 g/mol. The maximum absolute atomic E-state index is 13.1. The van der Waals surface area contributed by atoms with E-state index in [1.54, 1.807) is 12.1 Å². The minimum atomic E-state index is -5.38. The SMILES string of the molecule is COc1cc(-c2ccc(NNC3=C4C(=O)C(C(=O)[O-])=CC(S(=O)(=O)[O-])=C4C=CC3=O)c(OC)c2)ccc1N/N=C1/C(=O)C(S(=O)(=O)[O-])=Cc2cc(S(=O)(=O)[O-])ccc21.[Na+].[Na+].[Na+].[Na+]. The molecule has 0 unspecified atom stereocenters. The van der Waals surface area contributed by atoms with Crippen molar-refractivity contribution in [3.05, 3.63) is 116 Å². The van der Waals surface area contributed by atoms with Crippen LogP contribution >= 0.6 is 0 Å². The second-order valence-corrected chi connectivity index (χ2v) is 16.1. The number of nitrogens with one attached hydrogen (secondary N) is 3. The van der Waals surface area contributed by atoms with Crippen molar-refractivity contribution in [2.45, 2.75) is 4.90 Å². The smallest absolute Gasteiger partial charge is 0.744 e. The number of hydrazine groups is 1. The van der Waals surface area contributed by atoms with Crippen LogP contribution in [0.25, 0.3) is 17.2 Å². The Balaban J connectivity index is 0.00000331. The van der Waals surface area contributed by atoms with E-state index in [2.05, 4.69) is 21.4 Å².